The summed E-state index contributed by atoms with van der Waals surface area (Å²) >= 11 is 0. The van der Waals surface area contributed by atoms with Crippen molar-refractivity contribution in [1.29, 1.82) is 0 Å². The minimum Gasteiger partial charge on any atom is -0.482 e. The van der Waals surface area contributed by atoms with Crippen LogP contribution in [0.25, 0.3) is 0 Å². The van der Waals surface area contributed by atoms with Crippen molar-refractivity contribution in [1.82, 2.24) is 4.98 Å². The van der Waals surface area contributed by atoms with Gasteiger partial charge in [0.2, 0.25) is 0 Å². The molecule has 0 aliphatic carbocycles. The normalized spacial score (nSPS) is 12.4. The lowest BCUT2D eigenvalue weighted by Crippen LogP contribution is -2.25. The summed E-state index contributed by atoms with van der Waals surface area (Å²) in [6.45, 7) is 8.12. The van der Waals surface area contributed by atoms with Crippen molar-refractivity contribution in [2.45, 2.75) is 46.1 Å². The van der Waals surface area contributed by atoms with Gasteiger partial charge in [-0.05, 0) is 58.7 Å². The lowest BCUT2D eigenvalue weighted by atomic mass is 10.1. The largest absolute Gasteiger partial charge is 0.482 e. The topological polar surface area (TPSA) is 22.1 Å². The van der Waals surface area contributed by atoms with Gasteiger partial charge in [0.25, 0.3) is 0 Å². The van der Waals surface area contributed by atoms with Crippen LogP contribution in [0.15, 0.2) is 42.6 Å². The minimum absolute atomic E-state index is 0.299. The maximum atomic E-state index is 5.90. The maximum Gasteiger partial charge on any atom is 0.138 e. The number of hydrogen-bond donors (Lipinski definition) is 0. The van der Waals surface area contributed by atoms with Crippen LogP contribution in [0.4, 0.5) is 0 Å². The van der Waals surface area contributed by atoms with E-state index in [-0.39, 0.29) is 5.60 Å². The summed E-state index contributed by atoms with van der Waals surface area (Å²) in [5.41, 5.74) is 0.703. The molecule has 1 aromatic heterocycles. The fourth-order valence-corrected chi connectivity index (χ4v) is 1.58. The van der Waals surface area contributed by atoms with Crippen molar-refractivity contribution in [3.63, 3.8) is 0 Å². The van der Waals surface area contributed by atoms with Crippen molar-refractivity contribution in [2.75, 3.05) is 0 Å². The molecule has 0 amide bonds. The number of unbranched alkanes of at least 4 members (excludes halogenated alkanes) is 1. The van der Waals surface area contributed by atoms with Gasteiger partial charge in [-0.2, -0.15) is 0 Å². The van der Waals surface area contributed by atoms with Crippen molar-refractivity contribution in [2.24, 2.45) is 0 Å². The first-order valence-corrected chi connectivity index (χ1v) is 6.44. The summed E-state index contributed by atoms with van der Waals surface area (Å²) in [6, 6.07) is 3.92. The first-order chi connectivity index (χ1) is 8.53. The highest BCUT2D eigenvalue weighted by molar-refractivity contribution is 5.21. The smallest absolute Gasteiger partial charge is 0.138 e. The van der Waals surface area contributed by atoms with Crippen LogP contribution in [0.3, 0.4) is 0 Å². The highest BCUT2D eigenvalue weighted by Crippen LogP contribution is 2.18. The number of hydrogen-bond acceptors (Lipinski definition) is 2. The number of ether oxygens (including phenoxy) is 1. The van der Waals surface area contributed by atoms with Crippen LogP contribution in [0, 0.1) is 6.92 Å². The van der Waals surface area contributed by atoms with Crippen molar-refractivity contribution in [3.05, 3.63) is 48.3 Å². The predicted molar refractivity (Wildman–Crippen MR) is 76.9 cm³/mol. The van der Waals surface area contributed by atoms with Crippen LogP contribution in [-0.4, -0.2) is 10.6 Å². The van der Waals surface area contributed by atoms with E-state index in [4.69, 9.17) is 4.74 Å². The maximum absolute atomic E-state index is 5.90. The Balaban J connectivity index is 2.50. The molecule has 2 heteroatoms. The van der Waals surface area contributed by atoms with Crippen LogP contribution >= 0.6 is 0 Å². The lowest BCUT2D eigenvalue weighted by molar-refractivity contribution is 0.161. The van der Waals surface area contributed by atoms with E-state index in [0.29, 0.717) is 0 Å². The Kier molecular flexibility index (Phi) is 5.63. The number of allylic oxidation sites excluding steroid dienone is 3. The van der Waals surface area contributed by atoms with Crippen LogP contribution < -0.4 is 4.74 Å². The van der Waals surface area contributed by atoms with Gasteiger partial charge in [0, 0.05) is 5.69 Å². The number of nitrogens with zero attached hydrogens (tertiary/aromatic N) is 1. The Hall–Kier alpha value is -1.57. The third kappa shape index (κ3) is 5.67. The van der Waals surface area contributed by atoms with Crippen molar-refractivity contribution in [3.8, 4) is 5.75 Å². The lowest BCUT2D eigenvalue weighted by Gasteiger charge is -2.22. The molecular formula is C16H23NO. The average Bonchev–Trinajstić information content (AvgIpc) is 2.31. The minimum atomic E-state index is -0.299. The summed E-state index contributed by atoms with van der Waals surface area (Å²) < 4.78 is 5.90. The van der Waals surface area contributed by atoms with E-state index in [2.05, 4.69) is 43.1 Å². The second kappa shape index (κ2) is 7.00. The van der Waals surface area contributed by atoms with Gasteiger partial charge in [0.05, 0.1) is 6.20 Å². The van der Waals surface area contributed by atoms with Gasteiger partial charge in [-0.3, -0.25) is 4.98 Å². The molecule has 0 saturated carbocycles. The number of pyridine rings is 1. The van der Waals surface area contributed by atoms with E-state index in [0.717, 1.165) is 24.3 Å². The molecule has 0 atom stereocenters. The second-order valence-electron chi connectivity index (χ2n) is 4.89. The molecule has 0 aliphatic rings. The first-order valence-electron chi connectivity index (χ1n) is 6.44. The van der Waals surface area contributed by atoms with Crippen molar-refractivity contribution < 1.29 is 4.74 Å². The van der Waals surface area contributed by atoms with Crippen LogP contribution in [0.5, 0.6) is 5.75 Å². The first kappa shape index (κ1) is 14.5. The summed E-state index contributed by atoms with van der Waals surface area (Å²) in [6.07, 6.45) is 12.4. The van der Waals surface area contributed by atoms with Crippen LogP contribution in [0.2, 0.25) is 0 Å². The zero-order valence-corrected chi connectivity index (χ0v) is 11.8. The monoisotopic (exact) mass is 245 g/mol. The third-order valence-electron chi connectivity index (χ3n) is 2.52. The second-order valence-corrected chi connectivity index (χ2v) is 4.89. The van der Waals surface area contributed by atoms with E-state index in [1.807, 2.05) is 26.0 Å². The van der Waals surface area contributed by atoms with Gasteiger partial charge < -0.3 is 4.74 Å². The molecule has 1 rings (SSSR count). The molecule has 0 unspecified atom stereocenters. The highest BCUT2D eigenvalue weighted by Gasteiger charge is 2.15. The summed E-state index contributed by atoms with van der Waals surface area (Å²) in [7, 11) is 0. The zero-order chi connectivity index (χ0) is 13.4. The fourth-order valence-electron chi connectivity index (χ4n) is 1.58. The SMILES string of the molecule is C/C=C/CC/C=C/C(C)(C)Oc1ccc(C)nc1. The third-order valence-corrected chi connectivity index (χ3v) is 2.52. The molecule has 0 fully saturated rings. The van der Waals surface area contributed by atoms with Crippen LogP contribution in [-0.2, 0) is 0 Å². The van der Waals surface area contributed by atoms with E-state index in [1.54, 1.807) is 6.20 Å². The van der Waals surface area contributed by atoms with Gasteiger partial charge in [-0.1, -0.05) is 18.2 Å². The molecule has 0 radical (unpaired) electrons. The molecule has 0 aliphatic heterocycles. The Morgan fingerprint density at radius 1 is 1.22 bits per heavy atom. The molecule has 18 heavy (non-hydrogen) atoms. The van der Waals surface area contributed by atoms with Gasteiger partial charge in [0.1, 0.15) is 11.4 Å². The van der Waals surface area contributed by atoms with Crippen molar-refractivity contribution >= 4 is 0 Å². The standard InChI is InChI=1S/C16H23NO/c1-5-6-7-8-9-12-16(3,4)18-15-11-10-14(2)17-13-15/h5-6,9-13H,7-8H2,1-4H3/b6-5+,12-9+. The van der Waals surface area contributed by atoms with Gasteiger partial charge in [-0.25, -0.2) is 0 Å². The Labute approximate surface area is 110 Å². The molecule has 1 heterocycles. The number of aryl methyl sites for hydroxylation is 1. The average molecular weight is 245 g/mol. The van der Waals surface area contributed by atoms with Gasteiger partial charge >= 0.3 is 0 Å². The Bertz CT molecular complexity index is 402. The molecule has 0 saturated heterocycles. The zero-order valence-electron chi connectivity index (χ0n) is 11.8. The molecule has 0 spiro atoms. The predicted octanol–water partition coefficient (Wildman–Crippen LogP) is 4.46. The Morgan fingerprint density at radius 3 is 2.56 bits per heavy atom. The van der Waals surface area contributed by atoms with Crippen LogP contribution in [0.1, 0.15) is 39.3 Å². The fraction of sp³-hybridized carbons (Fsp3) is 0.438. The summed E-state index contributed by atoms with van der Waals surface area (Å²) in [4.78, 5) is 4.23. The molecule has 1 aromatic rings. The summed E-state index contributed by atoms with van der Waals surface area (Å²) in [5, 5.41) is 0. The Morgan fingerprint density at radius 2 is 1.94 bits per heavy atom. The molecule has 0 bridgehead atoms. The molecule has 2 nitrogen and oxygen atoms in total. The quantitative estimate of drug-likeness (QED) is 0.545. The number of rotatable bonds is 6. The van der Waals surface area contributed by atoms with E-state index < -0.39 is 0 Å². The number of aromatic nitrogens is 1. The molecule has 0 aromatic carbocycles. The molecular weight excluding hydrogens is 222 g/mol. The van der Waals surface area contributed by atoms with E-state index in [9.17, 15) is 0 Å². The van der Waals surface area contributed by atoms with Gasteiger partial charge in [-0.15, -0.1) is 0 Å². The summed E-state index contributed by atoms with van der Waals surface area (Å²) in [5.74, 6) is 0.809. The molecule has 98 valence electrons. The van der Waals surface area contributed by atoms with Gasteiger partial charge in [0.15, 0.2) is 0 Å². The molecule has 0 N–H and O–H groups in total. The highest BCUT2D eigenvalue weighted by atomic mass is 16.5. The van der Waals surface area contributed by atoms with E-state index >= 15 is 0 Å². The van der Waals surface area contributed by atoms with E-state index in [1.165, 1.54) is 0 Å².